The van der Waals surface area contributed by atoms with Gasteiger partial charge >= 0.3 is 6.18 Å². The number of thiazole rings is 1. The fraction of sp³-hybridized carbons (Fsp3) is 0.375. The Labute approximate surface area is 156 Å². The quantitative estimate of drug-likeness (QED) is 0.844. The average molecular weight is 406 g/mol. The number of benzene rings is 1. The van der Waals surface area contributed by atoms with Gasteiger partial charge in [0, 0.05) is 24.7 Å². The van der Waals surface area contributed by atoms with Crippen LogP contribution in [0.25, 0.3) is 0 Å². The number of halogens is 4. The fourth-order valence-corrected chi connectivity index (χ4v) is 3.59. The molecule has 1 fully saturated rings. The van der Waals surface area contributed by atoms with Crippen molar-refractivity contribution in [2.24, 2.45) is 0 Å². The summed E-state index contributed by atoms with van der Waals surface area (Å²) >= 11 is 6.53. The summed E-state index contributed by atoms with van der Waals surface area (Å²) in [4.78, 5) is 17.3. The molecule has 1 aliphatic rings. The van der Waals surface area contributed by atoms with Crippen LogP contribution in [0.1, 0.15) is 20.9 Å². The SMILES string of the molecule is O=C(NCc1ccc(Cl)cc1)c1sc(N2CCOCC2)nc1C(F)(F)F. The summed E-state index contributed by atoms with van der Waals surface area (Å²) in [5, 5.41) is 3.23. The highest BCUT2D eigenvalue weighted by Gasteiger charge is 2.40. The smallest absolute Gasteiger partial charge is 0.378 e. The second-order valence-corrected chi connectivity index (χ2v) is 6.99. The van der Waals surface area contributed by atoms with E-state index in [1.165, 1.54) is 0 Å². The third-order valence-electron chi connectivity index (χ3n) is 3.74. The lowest BCUT2D eigenvalue weighted by Gasteiger charge is -2.26. The van der Waals surface area contributed by atoms with Gasteiger partial charge in [-0.25, -0.2) is 4.98 Å². The molecule has 0 atom stereocenters. The average Bonchev–Trinajstić information content (AvgIpc) is 3.08. The molecule has 1 aromatic heterocycles. The molecule has 1 amide bonds. The van der Waals surface area contributed by atoms with E-state index in [0.717, 1.165) is 16.9 Å². The first kappa shape index (κ1) is 18.9. The van der Waals surface area contributed by atoms with E-state index >= 15 is 0 Å². The molecule has 140 valence electrons. The highest BCUT2D eigenvalue weighted by Crippen LogP contribution is 2.37. The molecule has 0 aliphatic carbocycles. The minimum absolute atomic E-state index is 0.0953. The summed E-state index contributed by atoms with van der Waals surface area (Å²) in [5.74, 6) is -0.802. The number of hydrogen-bond donors (Lipinski definition) is 1. The maximum absolute atomic E-state index is 13.3. The summed E-state index contributed by atoms with van der Waals surface area (Å²) in [7, 11) is 0. The minimum atomic E-state index is -4.70. The molecule has 0 radical (unpaired) electrons. The van der Waals surface area contributed by atoms with Crippen LogP contribution in [0.4, 0.5) is 18.3 Å². The first-order valence-electron chi connectivity index (χ1n) is 7.78. The topological polar surface area (TPSA) is 54.5 Å². The summed E-state index contributed by atoms with van der Waals surface area (Å²) in [5.41, 5.74) is -0.424. The predicted molar refractivity (Wildman–Crippen MR) is 92.8 cm³/mol. The molecule has 0 saturated carbocycles. The molecule has 1 aliphatic heterocycles. The van der Waals surface area contributed by atoms with Crippen molar-refractivity contribution in [3.63, 3.8) is 0 Å². The standard InChI is InChI=1S/C16H15ClF3N3O2S/c17-11-3-1-10(2-4-11)9-21-14(24)12-13(16(18,19)20)22-15(26-12)23-5-7-25-8-6-23/h1-4H,5-9H2,(H,21,24). The number of hydrogen-bond acceptors (Lipinski definition) is 5. The van der Waals surface area contributed by atoms with E-state index in [9.17, 15) is 18.0 Å². The van der Waals surface area contributed by atoms with E-state index in [1.54, 1.807) is 29.2 Å². The van der Waals surface area contributed by atoms with E-state index in [-0.39, 0.29) is 11.7 Å². The molecule has 5 nitrogen and oxygen atoms in total. The number of morpholine rings is 1. The van der Waals surface area contributed by atoms with Gasteiger partial charge in [-0.3, -0.25) is 4.79 Å². The van der Waals surface area contributed by atoms with Crippen LogP contribution in [0.15, 0.2) is 24.3 Å². The predicted octanol–water partition coefficient (Wildman–Crippen LogP) is 3.58. The van der Waals surface area contributed by atoms with Gasteiger partial charge in [0.25, 0.3) is 5.91 Å². The van der Waals surface area contributed by atoms with Crippen molar-refractivity contribution in [3.8, 4) is 0 Å². The van der Waals surface area contributed by atoms with E-state index < -0.39 is 22.7 Å². The number of anilines is 1. The van der Waals surface area contributed by atoms with E-state index in [0.29, 0.717) is 31.3 Å². The largest absolute Gasteiger partial charge is 0.435 e. The second-order valence-electron chi connectivity index (χ2n) is 5.58. The van der Waals surface area contributed by atoms with Crippen molar-refractivity contribution in [1.82, 2.24) is 10.3 Å². The number of nitrogens with one attached hydrogen (secondary N) is 1. The first-order valence-corrected chi connectivity index (χ1v) is 8.97. The molecule has 1 saturated heterocycles. The van der Waals surface area contributed by atoms with Gasteiger partial charge in [-0.2, -0.15) is 13.2 Å². The Bertz CT molecular complexity index is 774. The maximum atomic E-state index is 13.3. The van der Waals surface area contributed by atoms with E-state index in [2.05, 4.69) is 10.3 Å². The number of aromatic nitrogens is 1. The Hall–Kier alpha value is -1.84. The van der Waals surface area contributed by atoms with Gasteiger partial charge in [0.2, 0.25) is 0 Å². The number of alkyl halides is 3. The Morgan fingerprint density at radius 1 is 1.27 bits per heavy atom. The molecule has 0 spiro atoms. The van der Waals surface area contributed by atoms with Gasteiger partial charge in [0.05, 0.1) is 13.2 Å². The third-order valence-corrected chi connectivity index (χ3v) is 5.11. The van der Waals surface area contributed by atoms with Crippen LogP contribution in [0.5, 0.6) is 0 Å². The van der Waals surface area contributed by atoms with Crippen LogP contribution in [-0.4, -0.2) is 37.2 Å². The molecule has 0 unspecified atom stereocenters. The Morgan fingerprint density at radius 2 is 1.92 bits per heavy atom. The molecule has 2 aromatic rings. The number of ether oxygens (including phenoxy) is 1. The normalized spacial score (nSPS) is 15.2. The minimum Gasteiger partial charge on any atom is -0.378 e. The van der Waals surface area contributed by atoms with Gasteiger partial charge in [-0.05, 0) is 17.7 Å². The monoisotopic (exact) mass is 405 g/mol. The fourth-order valence-electron chi connectivity index (χ4n) is 2.41. The number of nitrogens with zero attached hydrogens (tertiary/aromatic N) is 2. The lowest BCUT2D eigenvalue weighted by Crippen LogP contribution is -2.36. The molecule has 1 N–H and O–H groups in total. The van der Waals surface area contributed by atoms with Crippen molar-refractivity contribution in [3.05, 3.63) is 45.4 Å². The zero-order valence-electron chi connectivity index (χ0n) is 13.5. The molecule has 2 heterocycles. The van der Waals surface area contributed by atoms with Crippen LogP contribution in [0.3, 0.4) is 0 Å². The molecular weight excluding hydrogens is 391 g/mol. The zero-order valence-corrected chi connectivity index (χ0v) is 15.0. The molecule has 3 rings (SSSR count). The molecule has 1 aromatic carbocycles. The van der Waals surface area contributed by atoms with Gasteiger partial charge in [-0.1, -0.05) is 35.1 Å². The van der Waals surface area contributed by atoms with Gasteiger partial charge in [0.15, 0.2) is 10.8 Å². The van der Waals surface area contributed by atoms with Crippen LogP contribution in [0.2, 0.25) is 5.02 Å². The summed E-state index contributed by atoms with van der Waals surface area (Å²) < 4.78 is 45.1. The van der Waals surface area contributed by atoms with Crippen molar-refractivity contribution in [1.29, 1.82) is 0 Å². The molecule has 0 bridgehead atoms. The highest BCUT2D eigenvalue weighted by atomic mass is 35.5. The van der Waals surface area contributed by atoms with Crippen LogP contribution in [-0.2, 0) is 17.5 Å². The Balaban J connectivity index is 1.78. The lowest BCUT2D eigenvalue weighted by atomic mass is 10.2. The number of amides is 1. The molecule has 10 heteroatoms. The maximum Gasteiger partial charge on any atom is 0.435 e. The first-order chi connectivity index (χ1) is 12.3. The second kappa shape index (κ2) is 7.81. The van der Waals surface area contributed by atoms with Crippen LogP contribution in [0, 0.1) is 0 Å². The van der Waals surface area contributed by atoms with Gasteiger partial charge in [-0.15, -0.1) is 0 Å². The molecular formula is C16H15ClF3N3O2S. The summed E-state index contributed by atoms with van der Waals surface area (Å²) in [6, 6.07) is 6.68. The summed E-state index contributed by atoms with van der Waals surface area (Å²) in [6.45, 7) is 1.81. The highest BCUT2D eigenvalue weighted by molar-refractivity contribution is 7.17. The third kappa shape index (κ3) is 4.46. The lowest BCUT2D eigenvalue weighted by molar-refractivity contribution is -0.141. The van der Waals surface area contributed by atoms with Crippen molar-refractivity contribution < 1.29 is 22.7 Å². The van der Waals surface area contributed by atoms with Crippen molar-refractivity contribution in [2.75, 3.05) is 31.2 Å². The van der Waals surface area contributed by atoms with E-state index in [4.69, 9.17) is 16.3 Å². The van der Waals surface area contributed by atoms with Gasteiger partial charge < -0.3 is 15.0 Å². The van der Waals surface area contributed by atoms with Crippen molar-refractivity contribution >= 4 is 34.0 Å². The van der Waals surface area contributed by atoms with Crippen LogP contribution < -0.4 is 10.2 Å². The molecule has 26 heavy (non-hydrogen) atoms. The number of carbonyl (C=O) groups excluding carboxylic acids is 1. The summed E-state index contributed by atoms with van der Waals surface area (Å²) in [6.07, 6.45) is -4.70. The van der Waals surface area contributed by atoms with Gasteiger partial charge in [0.1, 0.15) is 4.88 Å². The zero-order chi connectivity index (χ0) is 18.7. The van der Waals surface area contributed by atoms with Crippen LogP contribution >= 0.6 is 22.9 Å². The Morgan fingerprint density at radius 3 is 2.54 bits per heavy atom. The number of carbonyl (C=O) groups is 1. The van der Waals surface area contributed by atoms with Crippen molar-refractivity contribution in [2.45, 2.75) is 12.7 Å². The number of rotatable bonds is 4. The Kier molecular flexibility index (Phi) is 5.69. The van der Waals surface area contributed by atoms with E-state index in [1.807, 2.05) is 0 Å².